The molecular formula is C13H28N2. The fourth-order valence-corrected chi connectivity index (χ4v) is 1.90. The quantitative estimate of drug-likeness (QED) is 0.560. The van der Waals surface area contributed by atoms with Crippen molar-refractivity contribution in [2.45, 2.75) is 45.4 Å². The molecule has 0 aromatic rings. The van der Waals surface area contributed by atoms with Gasteiger partial charge in [-0.25, -0.2) is 0 Å². The second kappa shape index (κ2) is 8.12. The van der Waals surface area contributed by atoms with Gasteiger partial charge in [-0.05, 0) is 38.8 Å². The second-order valence-electron chi connectivity index (χ2n) is 5.02. The summed E-state index contributed by atoms with van der Waals surface area (Å²) < 4.78 is 0. The maximum absolute atomic E-state index is 3.53. The number of rotatable bonds is 10. The highest BCUT2D eigenvalue weighted by molar-refractivity contribution is 4.76. The van der Waals surface area contributed by atoms with Gasteiger partial charge < -0.3 is 10.2 Å². The first-order valence-electron chi connectivity index (χ1n) is 6.72. The fraction of sp³-hybridized carbons (Fsp3) is 1.00. The van der Waals surface area contributed by atoms with Gasteiger partial charge in [0.25, 0.3) is 0 Å². The summed E-state index contributed by atoms with van der Waals surface area (Å²) in [4.78, 5) is 2.47. The third-order valence-electron chi connectivity index (χ3n) is 3.14. The molecule has 0 heterocycles. The average Bonchev–Trinajstić information content (AvgIpc) is 3.00. The van der Waals surface area contributed by atoms with Crippen LogP contribution in [-0.2, 0) is 0 Å². The van der Waals surface area contributed by atoms with E-state index >= 15 is 0 Å². The second-order valence-corrected chi connectivity index (χ2v) is 5.02. The Morgan fingerprint density at radius 3 is 2.60 bits per heavy atom. The normalized spacial score (nSPS) is 16.2. The zero-order valence-corrected chi connectivity index (χ0v) is 10.6. The van der Waals surface area contributed by atoms with Gasteiger partial charge >= 0.3 is 0 Å². The smallest absolute Gasteiger partial charge is 0.0104 e. The lowest BCUT2D eigenvalue weighted by molar-refractivity contribution is 0.318. The number of nitrogens with one attached hydrogen (secondary N) is 1. The van der Waals surface area contributed by atoms with Gasteiger partial charge in [0.1, 0.15) is 0 Å². The number of nitrogens with zero attached hydrogens (tertiary/aromatic N) is 1. The van der Waals surface area contributed by atoms with Gasteiger partial charge in [-0.3, -0.25) is 0 Å². The molecule has 0 aromatic heterocycles. The molecule has 1 rings (SSSR count). The summed E-state index contributed by atoms with van der Waals surface area (Å²) in [6.07, 6.45) is 8.40. The zero-order chi connectivity index (χ0) is 10.9. The highest BCUT2D eigenvalue weighted by Crippen LogP contribution is 2.29. The van der Waals surface area contributed by atoms with Crippen molar-refractivity contribution in [2.24, 2.45) is 5.92 Å². The maximum atomic E-state index is 3.53. The Morgan fingerprint density at radius 2 is 1.93 bits per heavy atom. The van der Waals surface area contributed by atoms with E-state index in [1.165, 1.54) is 58.2 Å². The van der Waals surface area contributed by atoms with Crippen molar-refractivity contribution in [1.82, 2.24) is 10.2 Å². The van der Waals surface area contributed by atoms with Gasteiger partial charge in [0, 0.05) is 19.6 Å². The van der Waals surface area contributed by atoms with E-state index < -0.39 is 0 Å². The number of unbranched alkanes of at least 4 members (excludes halogenated alkanes) is 3. The molecule has 2 heteroatoms. The molecule has 1 aliphatic carbocycles. The third-order valence-corrected chi connectivity index (χ3v) is 3.14. The van der Waals surface area contributed by atoms with Gasteiger partial charge in [0.2, 0.25) is 0 Å². The summed E-state index contributed by atoms with van der Waals surface area (Å²) in [7, 11) is 2.25. The van der Waals surface area contributed by atoms with E-state index in [0.717, 1.165) is 12.5 Å². The number of hydrogen-bond acceptors (Lipinski definition) is 2. The van der Waals surface area contributed by atoms with Gasteiger partial charge in [0.15, 0.2) is 0 Å². The predicted octanol–water partition coefficient (Wildman–Crippen LogP) is 2.50. The summed E-state index contributed by atoms with van der Waals surface area (Å²) >= 11 is 0. The van der Waals surface area contributed by atoms with Crippen LogP contribution in [0.3, 0.4) is 0 Å². The first-order valence-corrected chi connectivity index (χ1v) is 6.72. The van der Waals surface area contributed by atoms with Crippen LogP contribution in [0.2, 0.25) is 0 Å². The maximum Gasteiger partial charge on any atom is 0.0104 e. The van der Waals surface area contributed by atoms with Crippen molar-refractivity contribution in [3.8, 4) is 0 Å². The van der Waals surface area contributed by atoms with Crippen LogP contribution in [0.25, 0.3) is 0 Å². The van der Waals surface area contributed by atoms with Crippen molar-refractivity contribution in [2.75, 3.05) is 33.2 Å². The SMILES string of the molecule is CCCCCCNCCN(C)CC1CC1. The van der Waals surface area contributed by atoms with E-state index in [1.54, 1.807) is 0 Å². The van der Waals surface area contributed by atoms with Crippen molar-refractivity contribution in [1.29, 1.82) is 0 Å². The minimum atomic E-state index is 1.03. The van der Waals surface area contributed by atoms with E-state index in [9.17, 15) is 0 Å². The standard InChI is InChI=1S/C13H28N2/c1-3-4-5-6-9-14-10-11-15(2)12-13-7-8-13/h13-14H,3-12H2,1-2H3. The minimum absolute atomic E-state index is 1.03. The lowest BCUT2D eigenvalue weighted by atomic mass is 10.2. The predicted molar refractivity (Wildman–Crippen MR) is 67.2 cm³/mol. The van der Waals surface area contributed by atoms with Crippen LogP contribution in [0.4, 0.5) is 0 Å². The molecule has 0 aromatic carbocycles. The molecule has 0 spiro atoms. The van der Waals surface area contributed by atoms with Crippen LogP contribution < -0.4 is 5.32 Å². The number of hydrogen-bond donors (Lipinski definition) is 1. The van der Waals surface area contributed by atoms with E-state index in [4.69, 9.17) is 0 Å². The van der Waals surface area contributed by atoms with Crippen LogP contribution in [0.15, 0.2) is 0 Å². The van der Waals surface area contributed by atoms with Gasteiger partial charge in [0.05, 0.1) is 0 Å². The van der Waals surface area contributed by atoms with E-state index in [2.05, 4.69) is 24.2 Å². The average molecular weight is 212 g/mol. The molecular weight excluding hydrogens is 184 g/mol. The minimum Gasteiger partial charge on any atom is -0.315 e. The Morgan fingerprint density at radius 1 is 1.13 bits per heavy atom. The first kappa shape index (κ1) is 13.0. The molecule has 0 radical (unpaired) electrons. The molecule has 15 heavy (non-hydrogen) atoms. The Balaban J connectivity index is 1.75. The van der Waals surface area contributed by atoms with Crippen LogP contribution in [0.1, 0.15) is 45.4 Å². The third kappa shape index (κ3) is 7.80. The molecule has 2 nitrogen and oxygen atoms in total. The van der Waals surface area contributed by atoms with Crippen molar-refractivity contribution < 1.29 is 0 Å². The summed E-state index contributed by atoms with van der Waals surface area (Å²) in [5.41, 5.74) is 0. The molecule has 1 N–H and O–H groups in total. The lowest BCUT2D eigenvalue weighted by Crippen LogP contribution is -2.31. The Bertz CT molecular complexity index is 143. The van der Waals surface area contributed by atoms with E-state index in [0.29, 0.717) is 0 Å². The van der Waals surface area contributed by atoms with E-state index in [1.807, 2.05) is 0 Å². The molecule has 0 atom stereocenters. The van der Waals surface area contributed by atoms with Crippen LogP contribution >= 0.6 is 0 Å². The van der Waals surface area contributed by atoms with Crippen LogP contribution in [-0.4, -0.2) is 38.1 Å². The molecule has 0 saturated heterocycles. The summed E-state index contributed by atoms with van der Waals surface area (Å²) in [6, 6.07) is 0. The Kier molecular flexibility index (Phi) is 7.03. The van der Waals surface area contributed by atoms with Gasteiger partial charge in [-0.1, -0.05) is 26.2 Å². The van der Waals surface area contributed by atoms with Gasteiger partial charge in [-0.15, -0.1) is 0 Å². The zero-order valence-electron chi connectivity index (χ0n) is 10.6. The summed E-state index contributed by atoms with van der Waals surface area (Å²) in [5.74, 6) is 1.03. The largest absolute Gasteiger partial charge is 0.315 e. The molecule has 1 aliphatic rings. The highest BCUT2D eigenvalue weighted by Gasteiger charge is 2.22. The van der Waals surface area contributed by atoms with Crippen LogP contribution in [0, 0.1) is 5.92 Å². The lowest BCUT2D eigenvalue weighted by Gasteiger charge is -2.16. The Labute approximate surface area is 95.4 Å². The molecule has 0 unspecified atom stereocenters. The molecule has 90 valence electrons. The monoisotopic (exact) mass is 212 g/mol. The van der Waals surface area contributed by atoms with E-state index in [-0.39, 0.29) is 0 Å². The Hall–Kier alpha value is -0.0800. The molecule has 1 fully saturated rings. The molecule has 0 aliphatic heterocycles. The fourth-order valence-electron chi connectivity index (χ4n) is 1.90. The topological polar surface area (TPSA) is 15.3 Å². The van der Waals surface area contributed by atoms with Gasteiger partial charge in [-0.2, -0.15) is 0 Å². The van der Waals surface area contributed by atoms with Crippen molar-refractivity contribution in [3.05, 3.63) is 0 Å². The highest BCUT2D eigenvalue weighted by atomic mass is 15.1. The number of likely N-dealkylation sites (N-methyl/N-ethyl adjacent to an activating group) is 1. The van der Waals surface area contributed by atoms with Crippen molar-refractivity contribution >= 4 is 0 Å². The summed E-state index contributed by atoms with van der Waals surface area (Å²) in [5, 5.41) is 3.53. The first-order chi connectivity index (χ1) is 7.33. The molecule has 0 amide bonds. The van der Waals surface area contributed by atoms with Crippen LogP contribution in [0.5, 0.6) is 0 Å². The molecule has 0 bridgehead atoms. The van der Waals surface area contributed by atoms with Crippen molar-refractivity contribution in [3.63, 3.8) is 0 Å². The summed E-state index contributed by atoms with van der Waals surface area (Å²) in [6.45, 7) is 7.16. The molecule has 1 saturated carbocycles.